The number of carbonyl (C=O) groups excluding carboxylic acids is 2. The van der Waals surface area contributed by atoms with Gasteiger partial charge in [-0.25, -0.2) is 0 Å². The van der Waals surface area contributed by atoms with E-state index in [0.717, 1.165) is 25.9 Å². The fourth-order valence-electron chi connectivity index (χ4n) is 3.06. The number of hydrogen-bond donors (Lipinski definition) is 1. The number of carbonyl (C=O) groups is 2. The summed E-state index contributed by atoms with van der Waals surface area (Å²) in [6, 6.07) is 7.29. The minimum Gasteiger partial charge on any atom is -0.484 e. The quantitative estimate of drug-likeness (QED) is 0.848. The molecule has 0 bridgehead atoms. The highest BCUT2D eigenvalue weighted by molar-refractivity contribution is 5.88. The van der Waals surface area contributed by atoms with Crippen LogP contribution in [0.2, 0.25) is 0 Å². The van der Waals surface area contributed by atoms with Crippen molar-refractivity contribution in [3.05, 3.63) is 29.8 Å². The molecule has 0 unspecified atom stereocenters. The summed E-state index contributed by atoms with van der Waals surface area (Å²) >= 11 is 0. The number of rotatable bonds is 6. The van der Waals surface area contributed by atoms with E-state index in [1.807, 2.05) is 43.0 Å². The summed E-state index contributed by atoms with van der Waals surface area (Å²) in [7, 11) is 0. The maximum absolute atomic E-state index is 12.6. The lowest BCUT2D eigenvalue weighted by molar-refractivity contribution is -0.137. The Labute approximate surface area is 157 Å². The molecule has 1 aliphatic rings. The van der Waals surface area contributed by atoms with Crippen molar-refractivity contribution in [2.24, 2.45) is 5.92 Å². The molecule has 26 heavy (non-hydrogen) atoms. The summed E-state index contributed by atoms with van der Waals surface area (Å²) < 4.78 is 5.58. The van der Waals surface area contributed by atoms with Gasteiger partial charge in [-0.2, -0.15) is 0 Å². The Bertz CT molecular complexity index is 611. The molecule has 0 spiro atoms. The first-order valence-corrected chi connectivity index (χ1v) is 9.50. The second-order valence-corrected chi connectivity index (χ2v) is 8.38. The summed E-state index contributed by atoms with van der Waals surface area (Å²) in [5.41, 5.74) is 1.29. The zero-order valence-corrected chi connectivity index (χ0v) is 16.7. The number of nitrogens with zero attached hydrogens (tertiary/aromatic N) is 1. The second kappa shape index (κ2) is 8.56. The zero-order chi connectivity index (χ0) is 19.3. The van der Waals surface area contributed by atoms with Gasteiger partial charge in [0.25, 0.3) is 5.91 Å². The van der Waals surface area contributed by atoms with E-state index in [1.54, 1.807) is 0 Å². The normalized spacial score (nSPS) is 15.8. The van der Waals surface area contributed by atoms with Gasteiger partial charge in [-0.1, -0.05) is 46.8 Å². The molecule has 5 heteroatoms. The van der Waals surface area contributed by atoms with E-state index >= 15 is 0 Å². The van der Waals surface area contributed by atoms with Crippen molar-refractivity contribution in [1.82, 2.24) is 10.2 Å². The maximum atomic E-state index is 12.6. The lowest BCUT2D eigenvalue weighted by Crippen LogP contribution is -2.51. The van der Waals surface area contributed by atoms with Crippen LogP contribution in [0.5, 0.6) is 5.75 Å². The Morgan fingerprint density at radius 2 is 1.69 bits per heavy atom. The highest BCUT2D eigenvalue weighted by Crippen LogP contribution is 2.24. The van der Waals surface area contributed by atoms with Crippen LogP contribution in [0.15, 0.2) is 24.3 Å². The first kappa shape index (κ1) is 20.3. The highest BCUT2D eigenvalue weighted by Gasteiger charge is 2.30. The number of nitrogens with one attached hydrogen (secondary N) is 1. The topological polar surface area (TPSA) is 58.6 Å². The van der Waals surface area contributed by atoms with E-state index < -0.39 is 6.04 Å². The van der Waals surface area contributed by atoms with E-state index in [2.05, 4.69) is 26.1 Å². The monoisotopic (exact) mass is 360 g/mol. The van der Waals surface area contributed by atoms with Gasteiger partial charge in [-0.15, -0.1) is 0 Å². The number of amides is 2. The molecule has 1 aliphatic heterocycles. The molecule has 1 heterocycles. The van der Waals surface area contributed by atoms with Gasteiger partial charge in [0.2, 0.25) is 5.91 Å². The molecule has 1 aromatic carbocycles. The highest BCUT2D eigenvalue weighted by atomic mass is 16.5. The van der Waals surface area contributed by atoms with Crippen LogP contribution in [-0.2, 0) is 15.0 Å². The lowest BCUT2D eigenvalue weighted by Gasteiger charge is -2.26. The first-order chi connectivity index (χ1) is 12.2. The summed E-state index contributed by atoms with van der Waals surface area (Å²) in [4.78, 5) is 26.7. The minimum atomic E-state index is -0.493. The predicted molar refractivity (Wildman–Crippen MR) is 103 cm³/mol. The largest absolute Gasteiger partial charge is 0.484 e. The molecular formula is C21H32N2O3. The Morgan fingerprint density at radius 3 is 2.19 bits per heavy atom. The van der Waals surface area contributed by atoms with Crippen molar-refractivity contribution in [1.29, 1.82) is 0 Å². The van der Waals surface area contributed by atoms with Crippen LogP contribution in [0, 0.1) is 5.92 Å². The van der Waals surface area contributed by atoms with Gasteiger partial charge in [0, 0.05) is 13.1 Å². The molecule has 1 fully saturated rings. The number of hydrogen-bond acceptors (Lipinski definition) is 3. The van der Waals surface area contributed by atoms with Crippen LogP contribution < -0.4 is 10.1 Å². The molecule has 1 atom stereocenters. The van der Waals surface area contributed by atoms with Gasteiger partial charge < -0.3 is 15.0 Å². The molecule has 0 aromatic heterocycles. The summed E-state index contributed by atoms with van der Waals surface area (Å²) in [6.07, 6.45) is 2.08. The van der Waals surface area contributed by atoms with E-state index in [0.29, 0.717) is 5.75 Å². The second-order valence-electron chi connectivity index (χ2n) is 8.38. The van der Waals surface area contributed by atoms with E-state index in [-0.39, 0.29) is 29.8 Å². The number of benzene rings is 1. The van der Waals surface area contributed by atoms with E-state index in [4.69, 9.17) is 4.74 Å². The van der Waals surface area contributed by atoms with Crippen LogP contribution in [0.25, 0.3) is 0 Å². The fourth-order valence-corrected chi connectivity index (χ4v) is 3.06. The van der Waals surface area contributed by atoms with Crippen molar-refractivity contribution < 1.29 is 14.3 Å². The summed E-state index contributed by atoms with van der Waals surface area (Å²) in [6.45, 7) is 11.8. The van der Waals surface area contributed by atoms with Crippen molar-refractivity contribution in [3.8, 4) is 5.75 Å². The van der Waals surface area contributed by atoms with Crippen LogP contribution in [-0.4, -0.2) is 42.5 Å². The van der Waals surface area contributed by atoms with Gasteiger partial charge in [0.05, 0.1) is 0 Å². The Kier molecular flexibility index (Phi) is 6.68. The van der Waals surface area contributed by atoms with Crippen molar-refractivity contribution in [2.75, 3.05) is 19.7 Å². The molecule has 2 amide bonds. The molecule has 2 rings (SSSR count). The van der Waals surface area contributed by atoms with E-state index in [9.17, 15) is 9.59 Å². The minimum absolute atomic E-state index is 0.0142. The third-order valence-electron chi connectivity index (χ3n) is 4.76. The molecule has 1 aromatic rings. The third-order valence-corrected chi connectivity index (χ3v) is 4.76. The van der Waals surface area contributed by atoms with Gasteiger partial charge in [0.1, 0.15) is 11.8 Å². The Balaban J connectivity index is 1.88. The molecule has 0 aliphatic carbocycles. The molecule has 0 saturated carbocycles. The van der Waals surface area contributed by atoms with Crippen LogP contribution in [0.4, 0.5) is 0 Å². The SMILES string of the molecule is CC(C)[C@H](NC(=O)COc1ccc(C(C)(C)C)cc1)C(=O)N1CCCC1. The predicted octanol–water partition coefficient (Wildman–Crippen LogP) is 3.13. The van der Waals surface area contributed by atoms with Gasteiger partial charge in [-0.3, -0.25) is 9.59 Å². The lowest BCUT2D eigenvalue weighted by atomic mass is 9.87. The van der Waals surface area contributed by atoms with Crippen molar-refractivity contribution in [3.63, 3.8) is 0 Å². The van der Waals surface area contributed by atoms with Gasteiger partial charge >= 0.3 is 0 Å². The van der Waals surface area contributed by atoms with Crippen LogP contribution >= 0.6 is 0 Å². The number of ether oxygens (including phenoxy) is 1. The third kappa shape index (κ3) is 5.48. The summed E-state index contributed by atoms with van der Waals surface area (Å²) in [5, 5.41) is 2.84. The Hall–Kier alpha value is -2.04. The number of likely N-dealkylation sites (tertiary alicyclic amines) is 1. The van der Waals surface area contributed by atoms with Crippen molar-refractivity contribution in [2.45, 2.75) is 58.9 Å². The fraction of sp³-hybridized carbons (Fsp3) is 0.619. The van der Waals surface area contributed by atoms with Gasteiger partial charge in [0.15, 0.2) is 6.61 Å². The molecule has 144 valence electrons. The molecular weight excluding hydrogens is 328 g/mol. The smallest absolute Gasteiger partial charge is 0.258 e. The Morgan fingerprint density at radius 1 is 1.12 bits per heavy atom. The molecule has 0 radical (unpaired) electrons. The molecule has 1 saturated heterocycles. The standard InChI is InChI=1S/C21H32N2O3/c1-15(2)19(20(25)23-12-6-7-13-23)22-18(24)14-26-17-10-8-16(9-11-17)21(3,4)5/h8-11,15,19H,6-7,12-14H2,1-5H3,(H,22,24)/t19-/m0/s1. The van der Waals surface area contributed by atoms with Crippen LogP contribution in [0.1, 0.15) is 53.0 Å². The van der Waals surface area contributed by atoms with Gasteiger partial charge in [-0.05, 0) is 41.9 Å². The average molecular weight is 360 g/mol. The van der Waals surface area contributed by atoms with Crippen LogP contribution in [0.3, 0.4) is 0 Å². The van der Waals surface area contributed by atoms with Crippen molar-refractivity contribution >= 4 is 11.8 Å². The van der Waals surface area contributed by atoms with E-state index in [1.165, 1.54) is 5.56 Å². The average Bonchev–Trinajstić information content (AvgIpc) is 3.11. The maximum Gasteiger partial charge on any atom is 0.258 e. The zero-order valence-electron chi connectivity index (χ0n) is 16.7. The first-order valence-electron chi connectivity index (χ1n) is 9.50. The summed E-state index contributed by atoms with van der Waals surface area (Å²) in [5.74, 6) is 0.440. The molecule has 1 N–H and O–H groups in total. The molecule has 5 nitrogen and oxygen atoms in total.